The van der Waals surface area contributed by atoms with Crippen LogP contribution in [0.3, 0.4) is 0 Å². The molecule has 0 bridgehead atoms. The summed E-state index contributed by atoms with van der Waals surface area (Å²) in [7, 11) is 0. The third kappa shape index (κ3) is 1.83. The van der Waals surface area contributed by atoms with Crippen molar-refractivity contribution >= 4 is 17.4 Å². The van der Waals surface area contributed by atoms with Gasteiger partial charge in [-0.1, -0.05) is 60.1 Å². The molecule has 0 aliphatic heterocycles. The normalized spacial score (nSPS) is 12.2. The highest BCUT2D eigenvalue weighted by atomic mass is 35.5. The van der Waals surface area contributed by atoms with Crippen molar-refractivity contribution < 1.29 is 4.79 Å². The Balaban J connectivity index is 2.01. The van der Waals surface area contributed by atoms with Crippen LogP contribution in [0, 0.1) is 6.92 Å². The molecule has 0 spiro atoms. The van der Waals surface area contributed by atoms with Gasteiger partial charge in [-0.05, 0) is 46.9 Å². The van der Waals surface area contributed by atoms with E-state index in [1.165, 1.54) is 0 Å². The summed E-state index contributed by atoms with van der Waals surface area (Å²) in [5, 5.41) is 0.712. The standard InChI is InChI=1S/C20H13ClO/c1-12-11-13(21)9-10-14(12)16-7-4-8-17-15-5-2-3-6-18(15)20(22)19(16)17/h2-11H,1H3. The monoisotopic (exact) mass is 304 g/mol. The molecular weight excluding hydrogens is 292 g/mol. The molecule has 1 nitrogen and oxygen atoms in total. The van der Waals surface area contributed by atoms with E-state index in [2.05, 4.69) is 0 Å². The van der Waals surface area contributed by atoms with Crippen molar-refractivity contribution in [2.24, 2.45) is 0 Å². The summed E-state index contributed by atoms with van der Waals surface area (Å²) in [6, 6.07) is 19.6. The lowest BCUT2D eigenvalue weighted by molar-refractivity contribution is 0.104. The zero-order chi connectivity index (χ0) is 15.3. The molecule has 1 aliphatic rings. The molecule has 0 saturated heterocycles. The summed E-state index contributed by atoms with van der Waals surface area (Å²) in [6.45, 7) is 2.02. The van der Waals surface area contributed by atoms with Crippen LogP contribution in [0.5, 0.6) is 0 Å². The van der Waals surface area contributed by atoms with Gasteiger partial charge in [0.2, 0.25) is 0 Å². The van der Waals surface area contributed by atoms with E-state index in [1.54, 1.807) is 0 Å². The van der Waals surface area contributed by atoms with Crippen LogP contribution < -0.4 is 0 Å². The summed E-state index contributed by atoms with van der Waals surface area (Å²) >= 11 is 6.06. The smallest absolute Gasteiger partial charge is 0.194 e. The number of benzene rings is 3. The van der Waals surface area contributed by atoms with Gasteiger partial charge in [-0.25, -0.2) is 0 Å². The van der Waals surface area contributed by atoms with Crippen LogP contribution in [0.1, 0.15) is 21.5 Å². The number of hydrogen-bond acceptors (Lipinski definition) is 1. The highest BCUT2D eigenvalue weighted by Gasteiger charge is 2.29. The third-order valence-corrected chi connectivity index (χ3v) is 4.47. The maximum absolute atomic E-state index is 12.8. The van der Waals surface area contributed by atoms with Gasteiger partial charge in [0.1, 0.15) is 0 Å². The van der Waals surface area contributed by atoms with E-state index in [1.807, 2.05) is 67.6 Å². The number of carbonyl (C=O) groups excluding carboxylic acids is 1. The Labute approximate surface area is 134 Å². The molecule has 0 N–H and O–H groups in total. The molecule has 3 aromatic rings. The summed E-state index contributed by atoms with van der Waals surface area (Å²) in [5.41, 5.74) is 6.74. The van der Waals surface area contributed by atoms with E-state index < -0.39 is 0 Å². The molecule has 0 amide bonds. The zero-order valence-electron chi connectivity index (χ0n) is 12.1. The second-order valence-electron chi connectivity index (χ2n) is 5.56. The number of rotatable bonds is 1. The molecule has 22 heavy (non-hydrogen) atoms. The maximum Gasteiger partial charge on any atom is 0.194 e. The Bertz CT molecular complexity index is 925. The van der Waals surface area contributed by atoms with Crippen LogP contribution in [0.15, 0.2) is 60.7 Å². The summed E-state index contributed by atoms with van der Waals surface area (Å²) in [6.07, 6.45) is 0. The Morgan fingerprint density at radius 3 is 2.09 bits per heavy atom. The lowest BCUT2D eigenvalue weighted by atomic mass is 9.93. The fraction of sp³-hybridized carbons (Fsp3) is 0.0500. The zero-order valence-corrected chi connectivity index (χ0v) is 12.8. The van der Waals surface area contributed by atoms with Gasteiger partial charge in [0, 0.05) is 16.1 Å². The van der Waals surface area contributed by atoms with Gasteiger partial charge in [0.05, 0.1) is 0 Å². The molecular formula is C20H13ClO. The molecule has 1 aliphatic carbocycles. The first-order valence-electron chi connectivity index (χ1n) is 7.20. The van der Waals surface area contributed by atoms with Gasteiger partial charge in [-0.3, -0.25) is 4.79 Å². The van der Waals surface area contributed by atoms with E-state index in [4.69, 9.17) is 11.6 Å². The first kappa shape index (κ1) is 13.3. The molecule has 0 atom stereocenters. The van der Waals surface area contributed by atoms with Crippen molar-refractivity contribution in [3.05, 3.63) is 82.4 Å². The highest BCUT2D eigenvalue weighted by molar-refractivity contribution is 6.30. The molecule has 3 aromatic carbocycles. The minimum Gasteiger partial charge on any atom is -0.289 e. The van der Waals surface area contributed by atoms with Crippen molar-refractivity contribution in [2.75, 3.05) is 0 Å². The van der Waals surface area contributed by atoms with Crippen LogP contribution in [0.2, 0.25) is 5.02 Å². The number of hydrogen-bond donors (Lipinski definition) is 0. The fourth-order valence-corrected chi connectivity index (χ4v) is 3.45. The van der Waals surface area contributed by atoms with Gasteiger partial charge in [-0.15, -0.1) is 0 Å². The Kier molecular flexibility index (Phi) is 2.91. The fourth-order valence-electron chi connectivity index (χ4n) is 3.23. The van der Waals surface area contributed by atoms with E-state index >= 15 is 0 Å². The highest BCUT2D eigenvalue weighted by Crippen LogP contribution is 2.42. The van der Waals surface area contributed by atoms with Crippen LogP contribution in [-0.2, 0) is 0 Å². The van der Waals surface area contributed by atoms with Crippen LogP contribution in [-0.4, -0.2) is 5.78 Å². The molecule has 0 radical (unpaired) electrons. The topological polar surface area (TPSA) is 17.1 Å². The number of halogens is 1. The van der Waals surface area contributed by atoms with E-state index in [-0.39, 0.29) is 5.78 Å². The Hall–Kier alpha value is -2.38. The van der Waals surface area contributed by atoms with Crippen molar-refractivity contribution in [3.8, 4) is 22.3 Å². The lowest BCUT2D eigenvalue weighted by Crippen LogP contribution is -1.98. The lowest BCUT2D eigenvalue weighted by Gasteiger charge is -2.11. The van der Waals surface area contributed by atoms with Crippen molar-refractivity contribution in [1.82, 2.24) is 0 Å². The van der Waals surface area contributed by atoms with Crippen LogP contribution in [0.25, 0.3) is 22.3 Å². The first-order chi connectivity index (χ1) is 10.7. The molecule has 0 heterocycles. The van der Waals surface area contributed by atoms with Crippen molar-refractivity contribution in [1.29, 1.82) is 0 Å². The third-order valence-electron chi connectivity index (χ3n) is 4.23. The minimum absolute atomic E-state index is 0.107. The minimum atomic E-state index is 0.107. The number of aryl methyl sites for hydroxylation is 1. The van der Waals surface area contributed by atoms with E-state index in [0.29, 0.717) is 5.02 Å². The van der Waals surface area contributed by atoms with Crippen molar-refractivity contribution in [2.45, 2.75) is 6.92 Å². The SMILES string of the molecule is Cc1cc(Cl)ccc1-c1cccc2c1C(=O)c1ccccc1-2. The average molecular weight is 305 g/mol. The Morgan fingerprint density at radius 1 is 0.727 bits per heavy atom. The predicted octanol–water partition coefficient (Wildman–Crippen LogP) is 5.53. The molecule has 0 aromatic heterocycles. The molecule has 0 fully saturated rings. The maximum atomic E-state index is 12.8. The number of carbonyl (C=O) groups is 1. The van der Waals surface area contributed by atoms with Crippen LogP contribution in [0.4, 0.5) is 0 Å². The second-order valence-corrected chi connectivity index (χ2v) is 6.00. The van der Waals surface area contributed by atoms with Gasteiger partial charge in [0.15, 0.2) is 5.78 Å². The number of fused-ring (bicyclic) bond motifs is 3. The van der Waals surface area contributed by atoms with Crippen molar-refractivity contribution in [3.63, 3.8) is 0 Å². The van der Waals surface area contributed by atoms with Gasteiger partial charge >= 0.3 is 0 Å². The quantitative estimate of drug-likeness (QED) is 0.452. The predicted molar refractivity (Wildman–Crippen MR) is 90.5 cm³/mol. The molecule has 2 heteroatoms. The molecule has 4 rings (SSSR count). The summed E-state index contributed by atoms with van der Waals surface area (Å²) in [5.74, 6) is 0.107. The average Bonchev–Trinajstić information content (AvgIpc) is 2.82. The van der Waals surface area contributed by atoms with Crippen LogP contribution >= 0.6 is 11.6 Å². The molecule has 0 saturated carbocycles. The van der Waals surface area contributed by atoms with E-state index in [0.717, 1.165) is 38.9 Å². The van der Waals surface area contributed by atoms with Gasteiger partial charge in [-0.2, -0.15) is 0 Å². The first-order valence-corrected chi connectivity index (χ1v) is 7.58. The Morgan fingerprint density at radius 2 is 1.36 bits per heavy atom. The van der Waals surface area contributed by atoms with Gasteiger partial charge < -0.3 is 0 Å². The summed E-state index contributed by atoms with van der Waals surface area (Å²) < 4.78 is 0. The van der Waals surface area contributed by atoms with Gasteiger partial charge in [0.25, 0.3) is 0 Å². The number of ketones is 1. The van der Waals surface area contributed by atoms with E-state index in [9.17, 15) is 4.79 Å². The molecule has 0 unspecified atom stereocenters. The molecule has 106 valence electrons. The second kappa shape index (κ2) is 4.82. The largest absolute Gasteiger partial charge is 0.289 e. The summed E-state index contributed by atoms with van der Waals surface area (Å²) in [4.78, 5) is 12.8.